The molecule has 0 radical (unpaired) electrons. The van der Waals surface area contributed by atoms with Crippen LogP contribution in [0.15, 0.2) is 18.2 Å². The lowest BCUT2D eigenvalue weighted by Gasteiger charge is -2.48. The summed E-state index contributed by atoms with van der Waals surface area (Å²) in [5, 5.41) is 10.4. The van der Waals surface area contributed by atoms with E-state index in [1.54, 1.807) is 0 Å². The number of fused-ring (bicyclic) bond motifs is 2. The number of hydrogen-bond donors (Lipinski definition) is 1. The smallest absolute Gasteiger partial charge is 0.235 e. The normalized spacial score (nSPS) is 28.4. The number of aliphatic hydroxyl groups is 1. The van der Waals surface area contributed by atoms with Gasteiger partial charge in [0, 0.05) is 5.92 Å². The number of nitrogens with zero attached hydrogens (tertiary/aromatic N) is 1. The van der Waals surface area contributed by atoms with Crippen molar-refractivity contribution in [1.82, 2.24) is 4.90 Å². The van der Waals surface area contributed by atoms with E-state index in [0.717, 1.165) is 29.7 Å². The molecule has 3 rings (SSSR count). The van der Waals surface area contributed by atoms with Gasteiger partial charge >= 0.3 is 0 Å². The molecule has 5 heteroatoms. The van der Waals surface area contributed by atoms with Crippen molar-refractivity contribution in [2.45, 2.75) is 53.6 Å². The summed E-state index contributed by atoms with van der Waals surface area (Å²) in [5.41, 5.74) is 1.11. The summed E-state index contributed by atoms with van der Waals surface area (Å²) in [6.45, 7) is 9.92. The van der Waals surface area contributed by atoms with Crippen LogP contribution in [0.4, 0.5) is 0 Å². The number of likely N-dealkylation sites (tertiary alicyclic amines) is 1. The number of rotatable bonds is 5. The average molecular weight is 359 g/mol. The quantitative estimate of drug-likeness (QED) is 0.821. The molecule has 2 bridgehead atoms. The Kier molecular flexibility index (Phi) is 4.63. The lowest BCUT2D eigenvalue weighted by Crippen LogP contribution is -2.60. The summed E-state index contributed by atoms with van der Waals surface area (Å²) in [4.78, 5) is 27.1. The predicted octanol–water partition coefficient (Wildman–Crippen LogP) is 2.85. The zero-order chi connectivity index (χ0) is 19.3. The first-order valence-electron chi connectivity index (χ1n) is 9.32. The maximum Gasteiger partial charge on any atom is 0.235 e. The van der Waals surface area contributed by atoms with E-state index in [0.29, 0.717) is 0 Å². The van der Waals surface area contributed by atoms with Crippen LogP contribution in [-0.4, -0.2) is 41.1 Å². The zero-order valence-corrected chi connectivity index (χ0v) is 16.3. The minimum atomic E-state index is -0.911. The third-order valence-electron chi connectivity index (χ3n) is 6.73. The van der Waals surface area contributed by atoms with Gasteiger partial charge in [0.25, 0.3) is 0 Å². The van der Waals surface area contributed by atoms with Crippen molar-refractivity contribution in [3.8, 4) is 5.75 Å². The Morgan fingerprint density at radius 2 is 1.85 bits per heavy atom. The van der Waals surface area contributed by atoms with E-state index in [2.05, 4.69) is 0 Å². The number of β-amino-alcohol motifs (C(OH)–C–C–N with tert-alkyl or cyclic N) is 1. The highest BCUT2D eigenvalue weighted by atomic mass is 16.5. The Morgan fingerprint density at radius 3 is 2.46 bits per heavy atom. The van der Waals surface area contributed by atoms with Gasteiger partial charge in [-0.15, -0.1) is 0 Å². The molecule has 1 heterocycles. The Bertz CT molecular complexity index is 721. The Labute approximate surface area is 155 Å². The second-order valence-electron chi connectivity index (χ2n) is 8.58. The number of aliphatic hydroxyl groups excluding tert-OH is 1. The molecular weight excluding hydrogens is 330 g/mol. The number of para-hydroxylation sites is 1. The zero-order valence-electron chi connectivity index (χ0n) is 16.3. The minimum absolute atomic E-state index is 0.00916. The van der Waals surface area contributed by atoms with E-state index in [-0.39, 0.29) is 36.3 Å². The van der Waals surface area contributed by atoms with Crippen LogP contribution in [-0.2, 0) is 9.59 Å². The van der Waals surface area contributed by atoms with Crippen molar-refractivity contribution in [3.05, 3.63) is 29.3 Å². The van der Waals surface area contributed by atoms with Crippen LogP contribution in [0.5, 0.6) is 5.75 Å². The van der Waals surface area contributed by atoms with Gasteiger partial charge in [-0.25, -0.2) is 0 Å². The number of piperidine rings is 1. The molecule has 2 amide bonds. The van der Waals surface area contributed by atoms with Crippen molar-refractivity contribution in [2.24, 2.45) is 16.7 Å². The molecule has 2 fully saturated rings. The Morgan fingerprint density at radius 1 is 1.23 bits per heavy atom. The molecule has 3 atom stereocenters. The van der Waals surface area contributed by atoms with Crippen molar-refractivity contribution >= 4 is 11.8 Å². The van der Waals surface area contributed by atoms with E-state index >= 15 is 0 Å². The van der Waals surface area contributed by atoms with Gasteiger partial charge in [0.15, 0.2) is 0 Å². The number of benzene rings is 1. The fourth-order valence-corrected chi connectivity index (χ4v) is 4.54. The highest BCUT2D eigenvalue weighted by molar-refractivity contribution is 6.03. The summed E-state index contributed by atoms with van der Waals surface area (Å²) in [5.74, 6) is 0.279. The number of hydrogen-bond acceptors (Lipinski definition) is 4. The van der Waals surface area contributed by atoms with Gasteiger partial charge in [0.2, 0.25) is 11.8 Å². The molecule has 1 saturated heterocycles. The molecule has 1 N–H and O–H groups in total. The number of carbonyl (C=O) groups is 2. The topological polar surface area (TPSA) is 66.8 Å². The lowest BCUT2D eigenvalue weighted by molar-refractivity contribution is -0.169. The first-order valence-corrected chi connectivity index (χ1v) is 9.32. The molecule has 1 aromatic carbocycles. The summed E-state index contributed by atoms with van der Waals surface area (Å²) in [6.07, 6.45) is 0.548. The van der Waals surface area contributed by atoms with Crippen molar-refractivity contribution in [1.29, 1.82) is 0 Å². The number of carbonyl (C=O) groups excluding carboxylic acids is 2. The molecule has 1 aliphatic heterocycles. The molecule has 1 aromatic rings. The number of amides is 2. The molecule has 2 aliphatic rings. The fourth-order valence-electron chi connectivity index (χ4n) is 4.54. The maximum absolute atomic E-state index is 13.0. The predicted molar refractivity (Wildman–Crippen MR) is 98.7 cm³/mol. The number of ether oxygens (including phenoxy) is 1. The molecule has 1 saturated carbocycles. The average Bonchev–Trinajstić information content (AvgIpc) is 2.75. The number of imide groups is 1. The van der Waals surface area contributed by atoms with Crippen molar-refractivity contribution < 1.29 is 19.4 Å². The molecular formula is C21H29NO4. The Hall–Kier alpha value is -1.88. The van der Waals surface area contributed by atoms with Crippen LogP contribution < -0.4 is 4.74 Å². The van der Waals surface area contributed by atoms with Gasteiger partial charge in [0.05, 0.1) is 12.0 Å². The second kappa shape index (κ2) is 6.38. The SMILES string of the molecule is Cc1cccc(C)c1OCC(O)CN1C(=O)C2CCC(C)(C1=O)C2(C)C. The van der Waals surface area contributed by atoms with Crippen LogP contribution in [0, 0.1) is 30.6 Å². The van der Waals surface area contributed by atoms with Crippen LogP contribution in [0.1, 0.15) is 44.7 Å². The van der Waals surface area contributed by atoms with E-state index < -0.39 is 11.5 Å². The van der Waals surface area contributed by atoms with E-state index in [1.807, 2.05) is 52.8 Å². The van der Waals surface area contributed by atoms with Crippen molar-refractivity contribution in [3.63, 3.8) is 0 Å². The molecule has 5 nitrogen and oxygen atoms in total. The van der Waals surface area contributed by atoms with Gasteiger partial charge in [0.1, 0.15) is 18.5 Å². The molecule has 3 unspecified atom stereocenters. The second-order valence-corrected chi connectivity index (χ2v) is 8.58. The summed E-state index contributed by atoms with van der Waals surface area (Å²) < 4.78 is 5.78. The highest BCUT2D eigenvalue weighted by Crippen LogP contribution is 2.60. The monoisotopic (exact) mass is 359 g/mol. The Balaban J connectivity index is 1.69. The summed E-state index contributed by atoms with van der Waals surface area (Å²) >= 11 is 0. The van der Waals surface area contributed by atoms with Crippen LogP contribution in [0.25, 0.3) is 0 Å². The van der Waals surface area contributed by atoms with Gasteiger partial charge in [-0.3, -0.25) is 14.5 Å². The van der Waals surface area contributed by atoms with Gasteiger partial charge in [-0.05, 0) is 43.2 Å². The first kappa shape index (κ1) is 18.9. The van der Waals surface area contributed by atoms with Gasteiger partial charge in [-0.2, -0.15) is 0 Å². The first-order chi connectivity index (χ1) is 12.1. The molecule has 26 heavy (non-hydrogen) atoms. The molecule has 142 valence electrons. The van der Waals surface area contributed by atoms with E-state index in [4.69, 9.17) is 4.74 Å². The minimum Gasteiger partial charge on any atom is -0.490 e. The van der Waals surface area contributed by atoms with Crippen LogP contribution in [0.2, 0.25) is 0 Å². The fraction of sp³-hybridized carbons (Fsp3) is 0.619. The van der Waals surface area contributed by atoms with E-state index in [9.17, 15) is 14.7 Å². The van der Waals surface area contributed by atoms with Crippen LogP contribution in [0.3, 0.4) is 0 Å². The van der Waals surface area contributed by atoms with Gasteiger partial charge < -0.3 is 9.84 Å². The molecule has 0 spiro atoms. The lowest BCUT2D eigenvalue weighted by atomic mass is 9.62. The number of aryl methyl sites for hydroxylation is 2. The maximum atomic E-state index is 13.0. The third kappa shape index (κ3) is 2.73. The summed E-state index contributed by atoms with van der Waals surface area (Å²) in [6, 6.07) is 5.86. The standard InChI is InChI=1S/C21H29NO4/c1-13-7-6-8-14(2)17(13)26-12-15(23)11-22-18(24)16-9-10-21(5,19(22)25)20(16,3)4/h6-8,15-16,23H,9-12H2,1-5H3. The van der Waals surface area contributed by atoms with Gasteiger partial charge in [-0.1, -0.05) is 39.0 Å². The third-order valence-corrected chi connectivity index (χ3v) is 6.73. The van der Waals surface area contributed by atoms with Crippen molar-refractivity contribution in [2.75, 3.05) is 13.2 Å². The largest absolute Gasteiger partial charge is 0.490 e. The molecule has 0 aromatic heterocycles. The highest BCUT2D eigenvalue weighted by Gasteiger charge is 2.64. The van der Waals surface area contributed by atoms with E-state index in [1.165, 1.54) is 4.90 Å². The van der Waals surface area contributed by atoms with Crippen LogP contribution >= 0.6 is 0 Å². The summed E-state index contributed by atoms with van der Waals surface area (Å²) in [7, 11) is 0. The molecule has 1 aliphatic carbocycles.